The van der Waals surface area contributed by atoms with Crippen molar-refractivity contribution in [2.24, 2.45) is 4.99 Å². The van der Waals surface area contributed by atoms with E-state index in [1.807, 2.05) is 7.05 Å². The maximum Gasteiger partial charge on any atom is 0.191 e. The molecule has 0 spiro atoms. The zero-order chi connectivity index (χ0) is 20.7. The second kappa shape index (κ2) is 10.3. The fraction of sp³-hybridized carbons (Fsp3) is 0.625. The van der Waals surface area contributed by atoms with Crippen molar-refractivity contribution in [3.63, 3.8) is 0 Å². The number of hydrogen-bond donors (Lipinski definition) is 2. The third kappa shape index (κ3) is 5.16. The molecule has 0 atom stereocenters. The van der Waals surface area contributed by atoms with E-state index in [1.165, 1.54) is 43.4 Å². The van der Waals surface area contributed by atoms with Crippen LogP contribution in [0.4, 0.5) is 5.69 Å². The molecule has 6 nitrogen and oxygen atoms in total. The first-order valence-electron chi connectivity index (χ1n) is 11.6. The van der Waals surface area contributed by atoms with Crippen molar-refractivity contribution in [1.82, 2.24) is 15.5 Å². The van der Waals surface area contributed by atoms with Gasteiger partial charge in [0.15, 0.2) is 5.96 Å². The largest absolute Gasteiger partial charge is 0.379 e. The molecular formula is C24H37N5O. The van der Waals surface area contributed by atoms with Crippen molar-refractivity contribution < 1.29 is 4.74 Å². The molecule has 1 saturated heterocycles. The summed E-state index contributed by atoms with van der Waals surface area (Å²) in [5.41, 5.74) is 2.80. The van der Waals surface area contributed by atoms with Crippen LogP contribution >= 0.6 is 0 Å². The molecule has 6 heteroatoms. The van der Waals surface area contributed by atoms with Gasteiger partial charge in [0.25, 0.3) is 0 Å². The molecule has 3 aliphatic rings. The van der Waals surface area contributed by atoms with E-state index in [0.717, 1.165) is 58.4 Å². The first-order valence-corrected chi connectivity index (χ1v) is 11.6. The normalized spacial score (nSPS) is 22.3. The Labute approximate surface area is 181 Å². The van der Waals surface area contributed by atoms with E-state index in [1.54, 1.807) is 0 Å². The first-order chi connectivity index (χ1) is 14.8. The molecule has 0 amide bonds. The minimum atomic E-state index is 0.241. The summed E-state index contributed by atoms with van der Waals surface area (Å²) in [5, 5.41) is 7.15. The van der Waals surface area contributed by atoms with Gasteiger partial charge in [-0.15, -0.1) is 0 Å². The molecule has 164 valence electrons. The highest BCUT2D eigenvalue weighted by Crippen LogP contribution is 2.33. The highest BCUT2D eigenvalue weighted by atomic mass is 16.5. The Morgan fingerprint density at radius 1 is 1.00 bits per heavy atom. The maximum atomic E-state index is 5.61. The van der Waals surface area contributed by atoms with Crippen molar-refractivity contribution in [2.75, 3.05) is 57.9 Å². The van der Waals surface area contributed by atoms with E-state index in [0.29, 0.717) is 0 Å². The van der Waals surface area contributed by atoms with Crippen molar-refractivity contribution in [3.05, 3.63) is 42.0 Å². The Morgan fingerprint density at radius 2 is 1.70 bits per heavy atom. The molecule has 2 aliphatic heterocycles. The fourth-order valence-corrected chi connectivity index (χ4v) is 5.02. The van der Waals surface area contributed by atoms with Crippen LogP contribution in [-0.4, -0.2) is 69.4 Å². The van der Waals surface area contributed by atoms with Gasteiger partial charge in [0.05, 0.1) is 13.2 Å². The Balaban J connectivity index is 1.30. The minimum absolute atomic E-state index is 0.241. The molecule has 2 heterocycles. The molecule has 0 radical (unpaired) electrons. The Morgan fingerprint density at radius 3 is 2.37 bits per heavy atom. The zero-order valence-corrected chi connectivity index (χ0v) is 18.4. The summed E-state index contributed by atoms with van der Waals surface area (Å²) in [6.45, 7) is 7.57. The number of ether oxygens (including phenoxy) is 1. The summed E-state index contributed by atoms with van der Waals surface area (Å²) in [6, 6.07) is 8.86. The number of rotatable bonds is 6. The van der Waals surface area contributed by atoms with Gasteiger partial charge in [-0.1, -0.05) is 43.5 Å². The lowest BCUT2D eigenvalue weighted by atomic mass is 9.80. The Kier molecular flexibility index (Phi) is 7.28. The highest BCUT2D eigenvalue weighted by molar-refractivity contribution is 5.79. The van der Waals surface area contributed by atoms with Crippen LogP contribution in [0.3, 0.4) is 0 Å². The van der Waals surface area contributed by atoms with Gasteiger partial charge < -0.3 is 20.3 Å². The van der Waals surface area contributed by atoms with Gasteiger partial charge in [0.2, 0.25) is 0 Å². The van der Waals surface area contributed by atoms with Crippen molar-refractivity contribution >= 4 is 11.6 Å². The predicted octanol–water partition coefficient (Wildman–Crippen LogP) is 2.76. The van der Waals surface area contributed by atoms with Gasteiger partial charge in [-0.3, -0.25) is 9.89 Å². The molecule has 0 aromatic heterocycles. The van der Waals surface area contributed by atoms with Crippen LogP contribution in [0.2, 0.25) is 0 Å². The maximum absolute atomic E-state index is 5.61. The molecule has 1 aliphatic carbocycles. The van der Waals surface area contributed by atoms with Crippen molar-refractivity contribution in [2.45, 2.75) is 44.2 Å². The van der Waals surface area contributed by atoms with Crippen LogP contribution in [0, 0.1) is 0 Å². The lowest BCUT2D eigenvalue weighted by Crippen LogP contribution is -2.60. The summed E-state index contributed by atoms with van der Waals surface area (Å²) in [7, 11) is 1.86. The van der Waals surface area contributed by atoms with Crippen molar-refractivity contribution in [3.8, 4) is 0 Å². The number of hydrogen-bond acceptors (Lipinski definition) is 4. The number of aliphatic imine (C=N–C) groups is 1. The van der Waals surface area contributed by atoms with Gasteiger partial charge in [0.1, 0.15) is 0 Å². The Hall–Kier alpha value is -2.05. The molecule has 30 heavy (non-hydrogen) atoms. The van der Waals surface area contributed by atoms with Crippen LogP contribution in [0.25, 0.3) is 0 Å². The summed E-state index contributed by atoms with van der Waals surface area (Å²) in [4.78, 5) is 9.52. The lowest BCUT2D eigenvalue weighted by Gasteiger charge is -2.48. The average molecular weight is 412 g/mol. The smallest absolute Gasteiger partial charge is 0.191 e. The summed E-state index contributed by atoms with van der Waals surface area (Å²) in [5.74, 6) is 0.890. The summed E-state index contributed by atoms with van der Waals surface area (Å²) in [6.07, 6.45) is 11.0. The summed E-state index contributed by atoms with van der Waals surface area (Å²) < 4.78 is 5.61. The van der Waals surface area contributed by atoms with E-state index < -0.39 is 0 Å². The average Bonchev–Trinajstić information content (AvgIpc) is 3.36. The third-order valence-corrected chi connectivity index (χ3v) is 6.85. The van der Waals surface area contributed by atoms with Gasteiger partial charge in [0, 0.05) is 57.5 Å². The molecular weight excluding hydrogens is 374 g/mol. The molecule has 2 fully saturated rings. The number of nitrogens with zero attached hydrogens (tertiary/aromatic N) is 3. The monoisotopic (exact) mass is 411 g/mol. The van der Waals surface area contributed by atoms with Crippen LogP contribution in [0.15, 0.2) is 41.4 Å². The lowest BCUT2D eigenvalue weighted by molar-refractivity contribution is -0.0352. The zero-order valence-electron chi connectivity index (χ0n) is 18.4. The van der Waals surface area contributed by atoms with Crippen LogP contribution in [0.1, 0.15) is 37.7 Å². The molecule has 1 aromatic rings. The van der Waals surface area contributed by atoms with Gasteiger partial charge in [-0.2, -0.15) is 0 Å². The summed E-state index contributed by atoms with van der Waals surface area (Å²) >= 11 is 0. The second-order valence-corrected chi connectivity index (χ2v) is 8.71. The standard InChI is InChI=1S/C24H37N5O/c1-25-23(26-19-21-7-9-22(10-8-21)28-13-5-6-14-28)27-20-24(11-3-2-4-12-24)29-15-17-30-18-16-29/h5-10H,2-4,11-20H2,1H3,(H2,25,26,27). The molecule has 0 bridgehead atoms. The van der Waals surface area contributed by atoms with E-state index in [4.69, 9.17) is 4.74 Å². The second-order valence-electron chi connectivity index (χ2n) is 8.71. The predicted molar refractivity (Wildman–Crippen MR) is 124 cm³/mol. The third-order valence-electron chi connectivity index (χ3n) is 6.85. The van der Waals surface area contributed by atoms with Gasteiger partial charge >= 0.3 is 0 Å². The van der Waals surface area contributed by atoms with E-state index in [9.17, 15) is 0 Å². The molecule has 1 saturated carbocycles. The van der Waals surface area contributed by atoms with Crippen LogP contribution < -0.4 is 15.5 Å². The molecule has 4 rings (SSSR count). The van der Waals surface area contributed by atoms with Crippen LogP contribution in [0.5, 0.6) is 0 Å². The quantitative estimate of drug-likeness (QED) is 0.428. The first kappa shape index (κ1) is 21.2. The Bertz CT molecular complexity index is 710. The number of morpholine rings is 1. The number of anilines is 1. The molecule has 2 N–H and O–H groups in total. The topological polar surface area (TPSA) is 52.1 Å². The van der Waals surface area contributed by atoms with Crippen molar-refractivity contribution in [1.29, 1.82) is 0 Å². The number of guanidine groups is 1. The van der Waals surface area contributed by atoms with E-state index in [2.05, 4.69) is 61.8 Å². The highest BCUT2D eigenvalue weighted by Gasteiger charge is 2.38. The van der Waals surface area contributed by atoms with E-state index >= 15 is 0 Å². The van der Waals surface area contributed by atoms with Gasteiger partial charge in [-0.25, -0.2) is 0 Å². The van der Waals surface area contributed by atoms with Crippen LogP contribution in [-0.2, 0) is 11.3 Å². The van der Waals surface area contributed by atoms with E-state index in [-0.39, 0.29) is 5.54 Å². The van der Waals surface area contributed by atoms with Gasteiger partial charge in [-0.05, 0) is 30.5 Å². The SMILES string of the molecule is CN=C(NCc1ccc(N2CC=CC2)cc1)NCC1(N2CCOCC2)CCCCC1. The molecule has 0 unspecified atom stereocenters. The molecule has 1 aromatic carbocycles. The number of nitrogens with one attached hydrogen (secondary N) is 2. The minimum Gasteiger partial charge on any atom is -0.379 e. The fourth-order valence-electron chi connectivity index (χ4n) is 5.02. The number of benzene rings is 1.